The summed E-state index contributed by atoms with van der Waals surface area (Å²) in [6.07, 6.45) is 1.65. The van der Waals surface area contributed by atoms with E-state index in [0.717, 1.165) is 16.8 Å². The molecule has 33 heavy (non-hydrogen) atoms. The number of benzene rings is 3. The highest BCUT2D eigenvalue weighted by Crippen LogP contribution is 2.26. The second-order valence-corrected chi connectivity index (χ2v) is 7.23. The van der Waals surface area contributed by atoms with Crippen LogP contribution in [0.5, 0.6) is 5.75 Å². The number of nitrogens with zero attached hydrogens (tertiary/aromatic N) is 2. The molecule has 4 rings (SSSR count). The lowest BCUT2D eigenvalue weighted by atomic mass is 10.1. The summed E-state index contributed by atoms with van der Waals surface area (Å²) < 4.78 is 12.1. The molecule has 0 aliphatic heterocycles. The largest absolute Gasteiger partial charge is 0.497 e. The first kappa shape index (κ1) is 21.8. The second kappa shape index (κ2) is 10.3. The summed E-state index contributed by atoms with van der Waals surface area (Å²) in [5, 5.41) is 7.27. The fourth-order valence-electron chi connectivity index (χ4n) is 3.25. The van der Waals surface area contributed by atoms with Crippen LogP contribution < -0.4 is 10.1 Å². The van der Waals surface area contributed by atoms with Crippen molar-refractivity contribution >= 4 is 11.9 Å². The van der Waals surface area contributed by atoms with Gasteiger partial charge in [0.25, 0.3) is 5.91 Å². The number of methoxy groups -OCH3 is 1. The molecule has 0 atom stereocenters. The molecule has 1 N–H and O–H groups in total. The summed E-state index contributed by atoms with van der Waals surface area (Å²) in [4.78, 5) is 25.1. The minimum Gasteiger partial charge on any atom is -0.497 e. The molecule has 0 aliphatic carbocycles. The zero-order valence-corrected chi connectivity index (χ0v) is 18.1. The van der Waals surface area contributed by atoms with Crippen molar-refractivity contribution in [3.63, 3.8) is 0 Å². The number of nitrogens with one attached hydrogen (secondary N) is 1. The average Bonchev–Trinajstić information content (AvgIpc) is 3.33. The Morgan fingerprint density at radius 2 is 1.58 bits per heavy atom. The van der Waals surface area contributed by atoms with Crippen molar-refractivity contribution in [2.24, 2.45) is 0 Å². The van der Waals surface area contributed by atoms with Gasteiger partial charge in [-0.05, 0) is 42.0 Å². The molecular formula is C26H23N3O4. The number of hydrogen-bond acceptors (Lipinski definition) is 5. The van der Waals surface area contributed by atoms with Gasteiger partial charge in [0.1, 0.15) is 24.6 Å². The van der Waals surface area contributed by atoms with Crippen LogP contribution in [0.25, 0.3) is 16.9 Å². The van der Waals surface area contributed by atoms with Crippen molar-refractivity contribution in [2.45, 2.75) is 6.61 Å². The van der Waals surface area contributed by atoms with Gasteiger partial charge in [-0.1, -0.05) is 48.5 Å². The molecule has 1 amide bonds. The molecule has 0 unspecified atom stereocenters. The highest BCUT2D eigenvalue weighted by Gasteiger charge is 2.19. The molecule has 0 radical (unpaired) electrons. The Hall–Kier alpha value is -4.39. The van der Waals surface area contributed by atoms with Gasteiger partial charge in [-0.15, -0.1) is 0 Å². The summed E-state index contributed by atoms with van der Waals surface area (Å²) >= 11 is 0. The zero-order valence-electron chi connectivity index (χ0n) is 18.1. The lowest BCUT2D eigenvalue weighted by Gasteiger charge is -2.07. The number of aromatic nitrogens is 2. The minimum absolute atomic E-state index is 0.151. The zero-order chi connectivity index (χ0) is 23.0. The molecule has 0 saturated heterocycles. The van der Waals surface area contributed by atoms with Crippen molar-refractivity contribution in [1.29, 1.82) is 0 Å². The van der Waals surface area contributed by atoms with Gasteiger partial charge >= 0.3 is 5.97 Å². The van der Waals surface area contributed by atoms with Gasteiger partial charge in [0.15, 0.2) is 0 Å². The highest BCUT2D eigenvalue weighted by atomic mass is 16.5. The molecule has 0 saturated carbocycles. The standard InChI is InChI=1S/C26H23N3O4/c1-32-22-14-12-20(13-15-22)25-23(17-29(28-25)21-10-6-3-7-11-21)26(31)27-16-24(30)33-18-19-8-4-2-5-9-19/h2-15,17H,16,18H2,1H3,(H,27,31). The van der Waals surface area contributed by atoms with E-state index < -0.39 is 11.9 Å². The van der Waals surface area contributed by atoms with Crippen LogP contribution in [0.2, 0.25) is 0 Å². The Morgan fingerprint density at radius 1 is 0.909 bits per heavy atom. The number of amides is 1. The third kappa shape index (κ3) is 5.46. The van der Waals surface area contributed by atoms with E-state index >= 15 is 0 Å². The maximum Gasteiger partial charge on any atom is 0.325 e. The second-order valence-electron chi connectivity index (χ2n) is 7.23. The molecule has 166 valence electrons. The molecule has 4 aromatic rings. The van der Waals surface area contributed by atoms with Gasteiger partial charge in [0.05, 0.1) is 18.4 Å². The fraction of sp³-hybridized carbons (Fsp3) is 0.115. The summed E-state index contributed by atoms with van der Waals surface area (Å²) in [5.74, 6) is -0.235. The number of hydrogen-bond donors (Lipinski definition) is 1. The third-order valence-electron chi connectivity index (χ3n) is 4.98. The monoisotopic (exact) mass is 441 g/mol. The Balaban J connectivity index is 1.51. The van der Waals surface area contributed by atoms with Crippen molar-refractivity contribution in [2.75, 3.05) is 13.7 Å². The number of carbonyl (C=O) groups excluding carboxylic acids is 2. The van der Waals surface area contributed by atoms with Crippen LogP contribution in [-0.2, 0) is 16.1 Å². The Labute approximate surface area is 191 Å². The predicted molar refractivity (Wildman–Crippen MR) is 124 cm³/mol. The molecule has 0 aliphatic rings. The Bertz CT molecular complexity index is 1220. The van der Waals surface area contributed by atoms with Crippen LogP contribution in [0, 0.1) is 0 Å². The smallest absolute Gasteiger partial charge is 0.325 e. The Morgan fingerprint density at radius 3 is 2.24 bits per heavy atom. The van der Waals surface area contributed by atoms with Crippen molar-refractivity contribution < 1.29 is 19.1 Å². The molecule has 7 heteroatoms. The summed E-state index contributed by atoms with van der Waals surface area (Å²) in [6, 6.07) is 26.1. The minimum atomic E-state index is -0.520. The lowest BCUT2D eigenvalue weighted by Crippen LogP contribution is -2.30. The normalized spacial score (nSPS) is 10.5. The van der Waals surface area contributed by atoms with Gasteiger partial charge in [-0.3, -0.25) is 9.59 Å². The van der Waals surface area contributed by atoms with Gasteiger partial charge in [-0.2, -0.15) is 5.10 Å². The summed E-state index contributed by atoms with van der Waals surface area (Å²) in [5.41, 5.74) is 3.29. The Kier molecular flexibility index (Phi) is 6.80. The van der Waals surface area contributed by atoms with Crippen LogP contribution in [-0.4, -0.2) is 35.3 Å². The van der Waals surface area contributed by atoms with Crippen molar-refractivity contribution in [3.05, 3.63) is 102 Å². The van der Waals surface area contributed by atoms with Crippen molar-refractivity contribution in [1.82, 2.24) is 15.1 Å². The van der Waals surface area contributed by atoms with E-state index in [1.807, 2.05) is 72.8 Å². The quantitative estimate of drug-likeness (QED) is 0.418. The first-order chi connectivity index (χ1) is 16.1. The predicted octanol–water partition coefficient (Wildman–Crippen LogP) is 4.02. The fourth-order valence-corrected chi connectivity index (χ4v) is 3.25. The van der Waals surface area contributed by atoms with E-state index in [9.17, 15) is 9.59 Å². The SMILES string of the molecule is COc1ccc(-c2nn(-c3ccccc3)cc2C(=O)NCC(=O)OCc2ccccc2)cc1. The number of carbonyl (C=O) groups is 2. The number of ether oxygens (including phenoxy) is 2. The number of rotatable bonds is 8. The van der Waals surface area contributed by atoms with E-state index in [-0.39, 0.29) is 13.2 Å². The maximum absolute atomic E-state index is 13.0. The van der Waals surface area contributed by atoms with E-state index in [2.05, 4.69) is 10.4 Å². The topological polar surface area (TPSA) is 82.5 Å². The first-order valence-electron chi connectivity index (χ1n) is 10.4. The van der Waals surface area contributed by atoms with E-state index in [0.29, 0.717) is 17.0 Å². The molecule has 0 fully saturated rings. The van der Waals surface area contributed by atoms with Crippen molar-refractivity contribution in [3.8, 4) is 22.7 Å². The number of esters is 1. The van der Waals surface area contributed by atoms with E-state index in [1.54, 1.807) is 30.1 Å². The molecule has 0 spiro atoms. The van der Waals surface area contributed by atoms with Gasteiger partial charge in [0, 0.05) is 11.8 Å². The molecule has 0 bridgehead atoms. The molecule has 3 aromatic carbocycles. The van der Waals surface area contributed by atoms with Crippen LogP contribution in [0.4, 0.5) is 0 Å². The molecule has 7 nitrogen and oxygen atoms in total. The molecule has 1 aromatic heterocycles. The third-order valence-corrected chi connectivity index (χ3v) is 4.98. The number of para-hydroxylation sites is 1. The van der Waals surface area contributed by atoms with Crippen LogP contribution in [0.3, 0.4) is 0 Å². The van der Waals surface area contributed by atoms with Gasteiger partial charge in [-0.25, -0.2) is 4.68 Å². The molecule has 1 heterocycles. The van der Waals surface area contributed by atoms with E-state index in [4.69, 9.17) is 9.47 Å². The summed E-state index contributed by atoms with van der Waals surface area (Å²) in [7, 11) is 1.59. The van der Waals surface area contributed by atoms with Crippen LogP contribution >= 0.6 is 0 Å². The lowest BCUT2D eigenvalue weighted by molar-refractivity contribution is -0.143. The van der Waals surface area contributed by atoms with Crippen LogP contribution in [0.1, 0.15) is 15.9 Å². The highest BCUT2D eigenvalue weighted by molar-refractivity contribution is 6.01. The average molecular weight is 441 g/mol. The molecular weight excluding hydrogens is 418 g/mol. The first-order valence-corrected chi connectivity index (χ1v) is 10.4. The summed E-state index contributed by atoms with van der Waals surface area (Å²) in [6.45, 7) is -0.0944. The van der Waals surface area contributed by atoms with Gasteiger partial charge in [0.2, 0.25) is 0 Å². The maximum atomic E-state index is 13.0. The van der Waals surface area contributed by atoms with Gasteiger partial charge < -0.3 is 14.8 Å². The van der Waals surface area contributed by atoms with E-state index in [1.165, 1.54) is 0 Å². The van der Waals surface area contributed by atoms with Crippen LogP contribution in [0.15, 0.2) is 91.1 Å².